The summed E-state index contributed by atoms with van der Waals surface area (Å²) in [6.45, 7) is 0. The Balaban J connectivity index is 0.968. The van der Waals surface area contributed by atoms with Crippen molar-refractivity contribution in [1.82, 2.24) is 8.80 Å². The summed E-state index contributed by atoms with van der Waals surface area (Å²) in [6.07, 6.45) is 20.3. The van der Waals surface area contributed by atoms with Crippen molar-refractivity contribution >= 4 is 99.3 Å². The van der Waals surface area contributed by atoms with E-state index in [1.807, 2.05) is 0 Å². The highest BCUT2D eigenvalue weighted by atomic mass is 16.1. The lowest BCUT2D eigenvalue weighted by atomic mass is 9.71. The number of hydrogen-bond donors (Lipinski definition) is 0. The number of aromatic nitrogens is 2. The number of carbonyl (C=O) groups is 4. The molecule has 10 aromatic rings. The molecule has 0 unspecified atom stereocenters. The Morgan fingerprint density at radius 1 is 0.284 bits per heavy atom. The number of aryl methyl sites for hydroxylation is 4. The number of hydrogen-bond acceptors (Lipinski definition) is 4. The largest absolute Gasteiger partial charge is 0.308 e. The summed E-state index contributed by atoms with van der Waals surface area (Å²) in [5.41, 5.74) is 24.9. The lowest BCUT2D eigenvalue weighted by Crippen LogP contribution is -2.15. The first-order valence-corrected chi connectivity index (χ1v) is 29.3. The van der Waals surface area contributed by atoms with Crippen molar-refractivity contribution in [3.8, 4) is 11.1 Å². The SMILES string of the molecule is O=C1c2cc3c(cc2C2CCC1CC2)c1c2c4c(c5c6cc7c(cc6n3c15)C(=O)C1CCC7CC1)CCc1c-4c(c3c4cc5c(cc4n4c6cc7c(cc6c1c34)C1CCC(CC1)C7=O)C(=O)C1CCC5CC1)CC2. The minimum Gasteiger partial charge on any atom is -0.308 e. The van der Waals surface area contributed by atoms with Gasteiger partial charge in [-0.05, 0) is 256 Å². The third-order valence-electron chi connectivity index (χ3n) is 23.2. The average molecular weight is 965 g/mol. The fraction of sp³-hybridized carbons (Fsp3) is 0.412. The van der Waals surface area contributed by atoms with E-state index in [-0.39, 0.29) is 23.7 Å². The summed E-state index contributed by atoms with van der Waals surface area (Å²) in [5.74, 6) is 3.47. The van der Waals surface area contributed by atoms with Gasteiger partial charge in [-0.15, -0.1) is 0 Å². The molecule has 74 heavy (non-hydrogen) atoms. The maximum absolute atomic E-state index is 14.6. The van der Waals surface area contributed by atoms with Gasteiger partial charge in [-0.1, -0.05) is 0 Å². The van der Waals surface area contributed by atoms with Crippen LogP contribution in [0.4, 0.5) is 0 Å². The maximum atomic E-state index is 14.6. The predicted molar refractivity (Wildman–Crippen MR) is 292 cm³/mol. The average Bonchev–Trinajstić information content (AvgIpc) is 4.13. The van der Waals surface area contributed by atoms with Crippen molar-refractivity contribution in [1.29, 1.82) is 0 Å². The van der Waals surface area contributed by atoms with Crippen molar-refractivity contribution in [3.63, 3.8) is 0 Å². The van der Waals surface area contributed by atoms with Gasteiger partial charge in [0.25, 0.3) is 0 Å². The molecule has 6 aromatic carbocycles. The van der Waals surface area contributed by atoms with Gasteiger partial charge in [0.15, 0.2) is 23.1 Å². The highest BCUT2D eigenvalue weighted by Crippen LogP contribution is 2.60. The number of rotatable bonds is 0. The van der Waals surface area contributed by atoms with Gasteiger partial charge in [0.2, 0.25) is 0 Å². The van der Waals surface area contributed by atoms with Crippen molar-refractivity contribution < 1.29 is 19.2 Å². The first-order chi connectivity index (χ1) is 36.3. The molecule has 6 heteroatoms. The van der Waals surface area contributed by atoms with Crippen molar-refractivity contribution in [2.45, 2.75) is 152 Å². The quantitative estimate of drug-likeness (QED) is 0.152. The molecule has 8 bridgehead atoms. The van der Waals surface area contributed by atoms with E-state index in [0.29, 0.717) is 46.8 Å². The van der Waals surface area contributed by atoms with Crippen molar-refractivity contribution in [2.24, 2.45) is 23.7 Å². The van der Waals surface area contributed by atoms with Crippen LogP contribution in [0.15, 0.2) is 48.5 Å². The molecule has 4 heterocycles. The molecule has 4 fully saturated rings. The number of benzene rings is 6. The van der Waals surface area contributed by atoms with E-state index in [1.54, 1.807) is 0 Å². The Morgan fingerprint density at radius 3 is 0.730 bits per heavy atom. The number of carbonyl (C=O) groups excluding carboxylic acids is 4. The van der Waals surface area contributed by atoms with Crippen molar-refractivity contribution in [3.05, 3.63) is 115 Å². The van der Waals surface area contributed by atoms with E-state index < -0.39 is 0 Å². The molecule has 14 aliphatic carbocycles. The molecule has 0 N–H and O–H groups in total. The highest BCUT2D eigenvalue weighted by Gasteiger charge is 2.44. The molecule has 0 atom stereocenters. The van der Waals surface area contributed by atoms with Gasteiger partial charge < -0.3 is 8.80 Å². The molecular formula is C68H56N2O4. The molecule has 0 aliphatic heterocycles. The second-order valence-corrected chi connectivity index (χ2v) is 26.0. The summed E-state index contributed by atoms with van der Waals surface area (Å²) >= 11 is 0. The molecule has 4 saturated carbocycles. The molecule has 0 spiro atoms. The van der Waals surface area contributed by atoms with Crippen LogP contribution in [0.1, 0.15) is 212 Å². The van der Waals surface area contributed by atoms with Crippen LogP contribution in [-0.2, 0) is 25.7 Å². The Kier molecular flexibility index (Phi) is 7.11. The smallest absolute Gasteiger partial charge is 0.166 e. The van der Waals surface area contributed by atoms with E-state index >= 15 is 0 Å². The van der Waals surface area contributed by atoms with Crippen LogP contribution < -0.4 is 0 Å². The minimum absolute atomic E-state index is 0.115. The zero-order chi connectivity index (χ0) is 48.0. The van der Waals surface area contributed by atoms with Crippen LogP contribution in [0.5, 0.6) is 0 Å². The van der Waals surface area contributed by atoms with Gasteiger partial charge in [0, 0.05) is 89.0 Å². The topological polar surface area (TPSA) is 77.1 Å². The molecule has 0 radical (unpaired) electrons. The summed E-state index contributed by atoms with van der Waals surface area (Å²) < 4.78 is 5.09. The third kappa shape index (κ3) is 4.47. The number of nitrogens with zero attached hydrogens (tertiary/aromatic N) is 2. The van der Waals surface area contributed by atoms with Gasteiger partial charge >= 0.3 is 0 Å². The first-order valence-electron chi connectivity index (χ1n) is 29.3. The Morgan fingerprint density at radius 2 is 0.500 bits per heavy atom. The molecule has 6 nitrogen and oxygen atoms in total. The zero-order valence-electron chi connectivity index (χ0n) is 41.9. The van der Waals surface area contributed by atoms with Crippen LogP contribution in [0, 0.1) is 23.7 Å². The Hall–Kier alpha value is -6.40. The van der Waals surface area contributed by atoms with E-state index in [2.05, 4.69) is 57.3 Å². The zero-order valence-corrected chi connectivity index (χ0v) is 41.9. The monoisotopic (exact) mass is 964 g/mol. The molecule has 0 saturated heterocycles. The lowest BCUT2D eigenvalue weighted by molar-refractivity contribution is 0.0891. The second kappa shape index (κ2) is 13.2. The van der Waals surface area contributed by atoms with Crippen LogP contribution in [0.25, 0.3) is 87.3 Å². The minimum atomic E-state index is 0.115. The molecule has 0 amide bonds. The van der Waals surface area contributed by atoms with Crippen LogP contribution >= 0.6 is 0 Å². The lowest BCUT2D eigenvalue weighted by Gasteiger charge is -2.32. The number of fused-ring (bicyclic) bond motifs is 24. The fourth-order valence-corrected chi connectivity index (χ4v) is 19.9. The molecule has 14 aliphatic rings. The molecule has 362 valence electrons. The van der Waals surface area contributed by atoms with E-state index in [0.717, 1.165) is 173 Å². The van der Waals surface area contributed by atoms with E-state index in [1.165, 1.54) is 110 Å². The normalized spacial score (nSPS) is 28.4. The van der Waals surface area contributed by atoms with Crippen LogP contribution in [-0.4, -0.2) is 31.9 Å². The van der Waals surface area contributed by atoms with E-state index in [9.17, 15) is 19.2 Å². The standard InChI is InChI=1S/C68H56N2O4/c71-65-33-9-1-29(2-10-33)41-21-49-53(25-45(41)65)69-54-26-46-42(30-3-11-34(12-4-30)66(46)72)22-50(54)60-38-19-20-40-58-39(18-17-37(57(38)58)59(49)63(60)69)61-51-23-43-31-5-13-35(14-6-31)67(73)47(43)27-55(51)70-56-28-48-44(24-52(56)62(40)64(61)70)32-7-15-36(16-8-32)68(48)74/h21-36H,1-20H2. The molecular weight excluding hydrogens is 909 g/mol. The predicted octanol–water partition coefficient (Wildman–Crippen LogP) is 15.7. The fourth-order valence-electron chi connectivity index (χ4n) is 19.9. The molecule has 4 aromatic heterocycles. The summed E-state index contributed by atoms with van der Waals surface area (Å²) in [6, 6.07) is 19.3. The summed E-state index contributed by atoms with van der Waals surface area (Å²) in [7, 11) is 0. The second-order valence-electron chi connectivity index (χ2n) is 26.0. The van der Waals surface area contributed by atoms with E-state index in [4.69, 9.17) is 0 Å². The molecule has 24 rings (SSSR count). The van der Waals surface area contributed by atoms with Gasteiger partial charge in [-0.25, -0.2) is 0 Å². The number of Topliss-reactive ketones (excluding diaryl/α,β-unsaturated/α-hetero) is 4. The summed E-state index contributed by atoms with van der Waals surface area (Å²) in [5, 5.41) is 10.6. The number of ketones is 4. The van der Waals surface area contributed by atoms with Gasteiger partial charge in [-0.2, -0.15) is 0 Å². The Bertz CT molecular complexity index is 3890. The van der Waals surface area contributed by atoms with Crippen LogP contribution in [0.2, 0.25) is 0 Å². The Labute approximate surface area is 427 Å². The third-order valence-corrected chi connectivity index (χ3v) is 23.2. The highest BCUT2D eigenvalue weighted by molar-refractivity contribution is 6.32. The van der Waals surface area contributed by atoms with Crippen LogP contribution in [0.3, 0.4) is 0 Å². The van der Waals surface area contributed by atoms with Gasteiger partial charge in [0.05, 0.1) is 33.1 Å². The maximum Gasteiger partial charge on any atom is 0.166 e. The first kappa shape index (κ1) is 40.0. The van der Waals surface area contributed by atoms with Crippen molar-refractivity contribution in [2.75, 3.05) is 0 Å². The van der Waals surface area contributed by atoms with Gasteiger partial charge in [0.1, 0.15) is 0 Å². The van der Waals surface area contributed by atoms with Gasteiger partial charge in [-0.3, -0.25) is 19.2 Å². The summed E-state index contributed by atoms with van der Waals surface area (Å²) in [4.78, 5) is 58.3.